The van der Waals surface area contributed by atoms with Crippen LogP contribution in [0.25, 0.3) is 0 Å². The van der Waals surface area contributed by atoms with Crippen molar-refractivity contribution in [2.75, 3.05) is 53.4 Å². The van der Waals surface area contributed by atoms with Crippen molar-refractivity contribution < 1.29 is 18.3 Å². The van der Waals surface area contributed by atoms with Gasteiger partial charge in [0.05, 0.1) is 29.2 Å². The number of hydrogen-bond donors (Lipinski definition) is 1. The van der Waals surface area contributed by atoms with Crippen LogP contribution >= 0.6 is 11.6 Å². The van der Waals surface area contributed by atoms with Crippen molar-refractivity contribution in [2.45, 2.75) is 17.0 Å². The summed E-state index contributed by atoms with van der Waals surface area (Å²) < 4.78 is 32.2. The lowest BCUT2D eigenvalue weighted by Crippen LogP contribution is -2.52. The predicted octanol–water partition coefficient (Wildman–Crippen LogP) is 0.330. The number of nitrogens with zero attached hydrogens (tertiary/aromatic N) is 3. The molecule has 0 radical (unpaired) electrons. The molecule has 0 unspecified atom stereocenters. The Labute approximate surface area is 153 Å². The minimum atomic E-state index is -3.71. The molecule has 0 amide bonds. The van der Waals surface area contributed by atoms with E-state index in [0.717, 1.165) is 26.2 Å². The number of likely N-dealkylation sites (N-methyl/N-ethyl adjacent to an activating group) is 1. The molecule has 1 aromatic rings. The molecule has 1 N–H and O–H groups in total. The Balaban J connectivity index is 1.76. The fraction of sp³-hybridized carbons (Fsp3) is 0.625. The molecule has 2 atom stereocenters. The zero-order chi connectivity index (χ0) is 18.2. The summed E-state index contributed by atoms with van der Waals surface area (Å²) in [5.74, 6) is 0.428. The fourth-order valence-electron chi connectivity index (χ4n) is 3.40. The summed E-state index contributed by atoms with van der Waals surface area (Å²) in [5.41, 5.74) is 0. The molecule has 1 aromatic carbocycles. The van der Waals surface area contributed by atoms with Gasteiger partial charge in [-0.05, 0) is 25.2 Å². The lowest BCUT2D eigenvalue weighted by Gasteiger charge is -2.37. The smallest absolute Gasteiger partial charge is 0.243 e. The lowest BCUT2D eigenvalue weighted by atomic mass is 10.1. The van der Waals surface area contributed by atoms with Gasteiger partial charge >= 0.3 is 0 Å². The number of halogens is 1. The van der Waals surface area contributed by atoms with Crippen molar-refractivity contribution in [3.05, 3.63) is 23.2 Å². The maximum atomic E-state index is 12.9. The third kappa shape index (κ3) is 3.79. The Kier molecular flexibility index (Phi) is 5.57. The molecular formula is C16H24ClN3O4S. The topological polar surface area (TPSA) is 73.3 Å². The van der Waals surface area contributed by atoms with Crippen LogP contribution in [0.3, 0.4) is 0 Å². The molecule has 140 valence electrons. The molecule has 2 aliphatic heterocycles. The molecule has 3 rings (SSSR count). The van der Waals surface area contributed by atoms with Crippen LogP contribution in [0.2, 0.25) is 5.02 Å². The second kappa shape index (κ2) is 7.38. The number of rotatable bonds is 4. The average Bonchev–Trinajstić information content (AvgIpc) is 2.98. The van der Waals surface area contributed by atoms with E-state index in [9.17, 15) is 13.5 Å². The van der Waals surface area contributed by atoms with Crippen molar-refractivity contribution >= 4 is 21.6 Å². The van der Waals surface area contributed by atoms with E-state index >= 15 is 0 Å². The monoisotopic (exact) mass is 389 g/mol. The second-order valence-electron chi connectivity index (χ2n) is 6.59. The average molecular weight is 390 g/mol. The van der Waals surface area contributed by atoms with E-state index in [1.807, 2.05) is 0 Å². The van der Waals surface area contributed by atoms with Gasteiger partial charge < -0.3 is 14.7 Å². The van der Waals surface area contributed by atoms with Crippen LogP contribution in [0.5, 0.6) is 5.75 Å². The quantitative estimate of drug-likeness (QED) is 0.800. The highest BCUT2D eigenvalue weighted by molar-refractivity contribution is 7.89. The third-order valence-corrected chi connectivity index (χ3v) is 7.12. The minimum Gasteiger partial charge on any atom is -0.495 e. The van der Waals surface area contributed by atoms with Gasteiger partial charge in [0.2, 0.25) is 10.0 Å². The summed E-state index contributed by atoms with van der Waals surface area (Å²) in [5, 5.41) is 10.7. The summed E-state index contributed by atoms with van der Waals surface area (Å²) in [7, 11) is -0.164. The maximum Gasteiger partial charge on any atom is 0.243 e. The van der Waals surface area contributed by atoms with Gasteiger partial charge in [0.25, 0.3) is 0 Å². The van der Waals surface area contributed by atoms with Crippen LogP contribution in [-0.2, 0) is 10.0 Å². The number of benzene rings is 1. The standard InChI is InChI=1S/C16H24ClN3O4S/c1-18-5-7-19(8-6-18)14-10-20(11-15(14)21)25(22,23)12-3-4-16(24-2)13(17)9-12/h3-4,9,14-15,21H,5-8,10-11H2,1-2H3/t14-,15-/m0/s1. The Bertz CT molecular complexity index is 722. The number of methoxy groups -OCH3 is 1. The van der Waals surface area contributed by atoms with E-state index in [4.69, 9.17) is 16.3 Å². The van der Waals surface area contributed by atoms with Gasteiger partial charge in [-0.1, -0.05) is 11.6 Å². The number of aliphatic hydroxyl groups excluding tert-OH is 1. The minimum absolute atomic E-state index is 0.100. The van der Waals surface area contributed by atoms with Crippen molar-refractivity contribution in [2.24, 2.45) is 0 Å². The molecule has 7 nitrogen and oxygen atoms in total. The second-order valence-corrected chi connectivity index (χ2v) is 8.94. The van der Waals surface area contributed by atoms with Crippen molar-refractivity contribution in [1.29, 1.82) is 0 Å². The molecule has 2 fully saturated rings. The predicted molar refractivity (Wildman–Crippen MR) is 95.6 cm³/mol. The number of β-amino-alcohol motifs (C(OH)–C–C–N with tert-alkyl or cyclic N) is 1. The highest BCUT2D eigenvalue weighted by Crippen LogP contribution is 2.30. The van der Waals surface area contributed by atoms with Crippen LogP contribution in [-0.4, -0.2) is 93.2 Å². The first kappa shape index (κ1) is 18.9. The van der Waals surface area contributed by atoms with E-state index in [0.29, 0.717) is 5.75 Å². The highest BCUT2D eigenvalue weighted by atomic mass is 35.5. The first-order valence-corrected chi connectivity index (χ1v) is 10.1. The number of hydrogen-bond acceptors (Lipinski definition) is 6. The molecule has 2 aliphatic rings. The summed E-state index contributed by atoms with van der Waals surface area (Å²) in [6.07, 6.45) is -0.688. The van der Waals surface area contributed by atoms with Gasteiger partial charge in [-0.2, -0.15) is 4.31 Å². The highest BCUT2D eigenvalue weighted by Gasteiger charge is 2.41. The van der Waals surface area contributed by atoms with Gasteiger partial charge in [-0.15, -0.1) is 0 Å². The van der Waals surface area contributed by atoms with E-state index in [1.165, 1.54) is 23.5 Å². The molecule has 2 saturated heterocycles. The van der Waals surface area contributed by atoms with Crippen LogP contribution < -0.4 is 4.74 Å². The Hall–Kier alpha value is -0.900. The molecular weight excluding hydrogens is 366 g/mol. The van der Waals surface area contributed by atoms with E-state index < -0.39 is 16.1 Å². The zero-order valence-corrected chi connectivity index (χ0v) is 16.0. The number of ether oxygens (including phenoxy) is 1. The summed E-state index contributed by atoms with van der Waals surface area (Å²) >= 11 is 6.06. The van der Waals surface area contributed by atoms with Gasteiger partial charge in [0, 0.05) is 39.3 Å². The lowest BCUT2D eigenvalue weighted by molar-refractivity contribution is 0.0512. The summed E-state index contributed by atoms with van der Waals surface area (Å²) in [6.45, 7) is 3.90. The van der Waals surface area contributed by atoms with E-state index in [-0.39, 0.29) is 29.0 Å². The van der Waals surface area contributed by atoms with Crippen LogP contribution in [0.15, 0.2) is 23.1 Å². The van der Waals surface area contributed by atoms with Crippen molar-refractivity contribution in [1.82, 2.24) is 14.1 Å². The summed E-state index contributed by atoms with van der Waals surface area (Å²) in [6, 6.07) is 4.25. The molecule has 0 saturated carbocycles. The normalized spacial score (nSPS) is 26.9. The van der Waals surface area contributed by atoms with Gasteiger partial charge in [-0.3, -0.25) is 4.90 Å². The largest absolute Gasteiger partial charge is 0.495 e. The molecule has 0 aliphatic carbocycles. The maximum absolute atomic E-state index is 12.9. The van der Waals surface area contributed by atoms with Crippen molar-refractivity contribution in [3.8, 4) is 5.75 Å². The molecule has 2 heterocycles. The summed E-state index contributed by atoms with van der Waals surface area (Å²) in [4.78, 5) is 4.52. The van der Waals surface area contributed by atoms with Crippen molar-refractivity contribution in [3.63, 3.8) is 0 Å². The molecule has 0 bridgehead atoms. The number of sulfonamides is 1. The zero-order valence-electron chi connectivity index (χ0n) is 14.4. The van der Waals surface area contributed by atoms with Gasteiger partial charge in [0.1, 0.15) is 5.75 Å². The van der Waals surface area contributed by atoms with Gasteiger partial charge in [-0.25, -0.2) is 8.42 Å². The molecule has 0 aromatic heterocycles. The van der Waals surface area contributed by atoms with Gasteiger partial charge in [0.15, 0.2) is 0 Å². The molecule has 25 heavy (non-hydrogen) atoms. The third-order valence-electron chi connectivity index (χ3n) is 4.99. The number of aliphatic hydroxyl groups is 1. The molecule has 9 heteroatoms. The molecule has 0 spiro atoms. The fourth-order valence-corrected chi connectivity index (χ4v) is 5.23. The Morgan fingerprint density at radius 1 is 1.20 bits per heavy atom. The van der Waals surface area contributed by atoms with Crippen LogP contribution in [0, 0.1) is 0 Å². The first-order chi connectivity index (χ1) is 11.8. The first-order valence-electron chi connectivity index (χ1n) is 8.27. The Morgan fingerprint density at radius 2 is 1.88 bits per heavy atom. The SMILES string of the molecule is COc1ccc(S(=O)(=O)N2C[C@H](O)[C@@H](N3CCN(C)CC3)C2)cc1Cl. The number of piperazine rings is 1. The van der Waals surface area contributed by atoms with Crippen LogP contribution in [0.4, 0.5) is 0 Å². The van der Waals surface area contributed by atoms with E-state index in [1.54, 1.807) is 6.07 Å². The Morgan fingerprint density at radius 3 is 2.48 bits per heavy atom. The van der Waals surface area contributed by atoms with E-state index in [2.05, 4.69) is 16.8 Å². The van der Waals surface area contributed by atoms with Crippen LogP contribution in [0.1, 0.15) is 0 Å².